The number of anilines is 1. The Kier molecular flexibility index (Phi) is 4.39. The molecule has 18 heavy (non-hydrogen) atoms. The second-order valence-corrected chi connectivity index (χ2v) is 5.16. The molecule has 1 N–H and O–H groups in total. The molecule has 2 nitrogen and oxygen atoms in total. The molecule has 2 rings (SSSR count). The van der Waals surface area contributed by atoms with Crippen molar-refractivity contribution in [1.82, 2.24) is 0 Å². The summed E-state index contributed by atoms with van der Waals surface area (Å²) in [5, 5.41) is 0.750. The lowest BCUT2D eigenvalue weighted by atomic mass is 10.2. The highest BCUT2D eigenvalue weighted by Crippen LogP contribution is 2.26. The second-order valence-electron chi connectivity index (χ2n) is 3.84. The number of benzene rings is 2. The highest BCUT2D eigenvalue weighted by Gasteiger charge is 2.00. The van der Waals surface area contributed by atoms with Crippen LogP contribution in [0.4, 0.5) is 5.69 Å². The van der Waals surface area contributed by atoms with Crippen LogP contribution in [0.25, 0.3) is 0 Å². The summed E-state index contributed by atoms with van der Waals surface area (Å²) in [6, 6.07) is 13.7. The molecule has 0 aromatic heterocycles. The normalized spacial score (nSPS) is 10.2. The molecule has 2 aromatic rings. The zero-order valence-corrected chi connectivity index (χ0v) is 11.8. The first kappa shape index (κ1) is 13.1. The van der Waals surface area contributed by atoms with E-state index in [1.54, 1.807) is 19.1 Å². The van der Waals surface area contributed by atoms with Gasteiger partial charge in [-0.15, -0.1) is 0 Å². The lowest BCUT2D eigenvalue weighted by Crippen LogP contribution is -1.90. The molecular formula is C14H14ClNOS. The third-order valence-electron chi connectivity index (χ3n) is 2.50. The summed E-state index contributed by atoms with van der Waals surface area (Å²) in [6.07, 6.45) is 0. The zero-order chi connectivity index (χ0) is 13.0. The number of hydrogen-bond donors (Lipinski definition) is 1. The number of halogens is 1. The van der Waals surface area contributed by atoms with Crippen LogP contribution in [0.2, 0.25) is 5.02 Å². The largest absolute Gasteiger partial charge is 0.496 e. The Bertz CT molecular complexity index is 528. The Balaban J connectivity index is 2.02. The van der Waals surface area contributed by atoms with Crippen LogP contribution in [-0.2, 0) is 0 Å². The Labute approximate surface area is 116 Å². The van der Waals surface area contributed by atoms with Crippen molar-refractivity contribution < 1.29 is 4.74 Å². The number of rotatable bonds is 4. The molecule has 0 heterocycles. The van der Waals surface area contributed by atoms with Gasteiger partial charge in [-0.05, 0) is 66.9 Å². The van der Waals surface area contributed by atoms with Crippen molar-refractivity contribution >= 4 is 29.2 Å². The fourth-order valence-corrected chi connectivity index (χ4v) is 2.32. The van der Waals surface area contributed by atoms with Crippen molar-refractivity contribution in [2.75, 3.05) is 11.8 Å². The molecule has 94 valence electrons. The van der Waals surface area contributed by atoms with E-state index in [2.05, 4.69) is 10.8 Å². The molecule has 0 atom stereocenters. The number of aryl methyl sites for hydroxylation is 1. The predicted molar refractivity (Wildman–Crippen MR) is 78.7 cm³/mol. The Morgan fingerprint density at radius 3 is 2.44 bits per heavy atom. The highest BCUT2D eigenvalue weighted by atomic mass is 35.5. The summed E-state index contributed by atoms with van der Waals surface area (Å²) in [5.41, 5.74) is 2.16. The zero-order valence-electron chi connectivity index (χ0n) is 10.2. The summed E-state index contributed by atoms with van der Waals surface area (Å²) in [7, 11) is 1.68. The quantitative estimate of drug-likeness (QED) is 0.814. The molecule has 0 aliphatic carbocycles. The molecule has 4 heteroatoms. The van der Waals surface area contributed by atoms with Crippen molar-refractivity contribution in [3.8, 4) is 5.75 Å². The Morgan fingerprint density at radius 1 is 1.11 bits per heavy atom. The molecule has 0 amide bonds. The molecule has 0 bridgehead atoms. The predicted octanol–water partition coefficient (Wildman–Crippen LogP) is 4.78. The SMILES string of the molecule is COc1ccc(NSc2ccc(Cl)cc2)cc1C. The van der Waals surface area contributed by atoms with Gasteiger partial charge in [0, 0.05) is 15.6 Å². The van der Waals surface area contributed by atoms with Crippen molar-refractivity contribution in [1.29, 1.82) is 0 Å². The minimum absolute atomic E-state index is 0.750. The molecule has 0 aliphatic heterocycles. The molecule has 0 aliphatic rings. The molecule has 0 unspecified atom stereocenters. The van der Waals surface area contributed by atoms with E-state index in [0.29, 0.717) is 0 Å². The molecule has 0 radical (unpaired) electrons. The Morgan fingerprint density at radius 2 is 1.83 bits per heavy atom. The average molecular weight is 280 g/mol. The minimum Gasteiger partial charge on any atom is -0.496 e. The van der Waals surface area contributed by atoms with E-state index < -0.39 is 0 Å². The van der Waals surface area contributed by atoms with Gasteiger partial charge in [-0.3, -0.25) is 0 Å². The van der Waals surface area contributed by atoms with Gasteiger partial charge in [-0.1, -0.05) is 11.6 Å². The summed E-state index contributed by atoms with van der Waals surface area (Å²) >= 11 is 7.39. The van der Waals surface area contributed by atoms with Gasteiger partial charge < -0.3 is 9.46 Å². The smallest absolute Gasteiger partial charge is 0.121 e. The van der Waals surface area contributed by atoms with Crippen LogP contribution in [0.5, 0.6) is 5.75 Å². The maximum atomic E-state index is 5.84. The van der Waals surface area contributed by atoms with E-state index >= 15 is 0 Å². The van der Waals surface area contributed by atoms with Crippen molar-refractivity contribution in [2.45, 2.75) is 11.8 Å². The average Bonchev–Trinajstić information content (AvgIpc) is 2.38. The third kappa shape index (κ3) is 3.34. The Hall–Kier alpha value is -1.32. The van der Waals surface area contributed by atoms with Crippen LogP contribution in [0.15, 0.2) is 47.4 Å². The first-order valence-electron chi connectivity index (χ1n) is 5.52. The van der Waals surface area contributed by atoms with E-state index in [1.807, 2.05) is 43.3 Å². The minimum atomic E-state index is 0.750. The van der Waals surface area contributed by atoms with Gasteiger partial charge in [0.2, 0.25) is 0 Å². The van der Waals surface area contributed by atoms with Gasteiger partial charge in [0.05, 0.1) is 7.11 Å². The second kappa shape index (κ2) is 6.03. The van der Waals surface area contributed by atoms with Crippen LogP contribution >= 0.6 is 23.5 Å². The summed E-state index contributed by atoms with van der Waals surface area (Å²) < 4.78 is 8.52. The van der Waals surface area contributed by atoms with E-state index in [-0.39, 0.29) is 0 Å². The van der Waals surface area contributed by atoms with Crippen molar-refractivity contribution in [3.63, 3.8) is 0 Å². The van der Waals surface area contributed by atoms with Gasteiger partial charge >= 0.3 is 0 Å². The van der Waals surface area contributed by atoms with Crippen LogP contribution in [0, 0.1) is 6.92 Å². The highest BCUT2D eigenvalue weighted by molar-refractivity contribution is 8.00. The van der Waals surface area contributed by atoms with Gasteiger partial charge in [0.1, 0.15) is 5.75 Å². The first-order valence-corrected chi connectivity index (χ1v) is 6.71. The molecular weight excluding hydrogens is 266 g/mol. The van der Waals surface area contributed by atoms with E-state index in [4.69, 9.17) is 16.3 Å². The van der Waals surface area contributed by atoms with Crippen LogP contribution in [0.3, 0.4) is 0 Å². The number of methoxy groups -OCH3 is 1. The maximum absolute atomic E-state index is 5.84. The number of hydrogen-bond acceptors (Lipinski definition) is 3. The van der Waals surface area contributed by atoms with E-state index in [0.717, 1.165) is 26.9 Å². The maximum Gasteiger partial charge on any atom is 0.121 e. The van der Waals surface area contributed by atoms with Crippen molar-refractivity contribution in [3.05, 3.63) is 53.1 Å². The van der Waals surface area contributed by atoms with Gasteiger partial charge in [-0.2, -0.15) is 0 Å². The van der Waals surface area contributed by atoms with Crippen LogP contribution in [-0.4, -0.2) is 7.11 Å². The summed E-state index contributed by atoms with van der Waals surface area (Å²) in [6.45, 7) is 2.02. The third-order valence-corrected chi connectivity index (χ3v) is 3.59. The summed E-state index contributed by atoms with van der Waals surface area (Å²) in [5.74, 6) is 0.900. The number of ether oxygens (including phenoxy) is 1. The van der Waals surface area contributed by atoms with E-state index in [9.17, 15) is 0 Å². The van der Waals surface area contributed by atoms with Gasteiger partial charge in [0.15, 0.2) is 0 Å². The molecule has 0 spiro atoms. The van der Waals surface area contributed by atoms with Gasteiger partial charge in [0.25, 0.3) is 0 Å². The first-order chi connectivity index (χ1) is 8.69. The fraction of sp³-hybridized carbons (Fsp3) is 0.143. The topological polar surface area (TPSA) is 21.3 Å². The molecule has 0 saturated heterocycles. The summed E-state index contributed by atoms with van der Waals surface area (Å²) in [4.78, 5) is 1.12. The fourth-order valence-electron chi connectivity index (χ4n) is 1.56. The van der Waals surface area contributed by atoms with Crippen molar-refractivity contribution in [2.24, 2.45) is 0 Å². The van der Waals surface area contributed by atoms with E-state index in [1.165, 1.54) is 0 Å². The van der Waals surface area contributed by atoms with Gasteiger partial charge in [-0.25, -0.2) is 0 Å². The lowest BCUT2D eigenvalue weighted by molar-refractivity contribution is 0.412. The molecule has 2 aromatic carbocycles. The monoisotopic (exact) mass is 279 g/mol. The van der Waals surface area contributed by atoms with Crippen LogP contribution in [0.1, 0.15) is 5.56 Å². The standard InChI is InChI=1S/C14H14ClNOS/c1-10-9-12(5-8-14(10)17-2)16-18-13-6-3-11(15)4-7-13/h3-9,16H,1-2H3. The molecule has 0 fully saturated rings. The van der Waals surface area contributed by atoms with Crippen LogP contribution < -0.4 is 9.46 Å². The number of nitrogens with one attached hydrogen (secondary N) is 1. The molecule has 0 saturated carbocycles. The lowest BCUT2D eigenvalue weighted by Gasteiger charge is -2.09.